The first-order valence-electron chi connectivity index (χ1n) is 9.27. The van der Waals surface area contributed by atoms with Crippen LogP contribution in [0.4, 0.5) is 0 Å². The van der Waals surface area contributed by atoms with Gasteiger partial charge in [-0.3, -0.25) is 5.41 Å². The van der Waals surface area contributed by atoms with E-state index in [1.807, 2.05) is 36.4 Å². The van der Waals surface area contributed by atoms with Crippen molar-refractivity contribution in [2.75, 3.05) is 0 Å². The Hall–Kier alpha value is -3.45. The molecule has 128 valence electrons. The summed E-state index contributed by atoms with van der Waals surface area (Å²) in [6.45, 7) is 0. The molecule has 0 aromatic heterocycles. The molecule has 1 aliphatic carbocycles. The molecular weight excluding hydrogens is 326 g/mol. The van der Waals surface area contributed by atoms with Crippen molar-refractivity contribution in [1.29, 1.82) is 5.41 Å². The van der Waals surface area contributed by atoms with Gasteiger partial charge in [0.2, 0.25) is 0 Å². The van der Waals surface area contributed by atoms with Crippen molar-refractivity contribution >= 4 is 5.71 Å². The third-order valence-corrected chi connectivity index (χ3v) is 5.40. The normalized spacial score (nSPS) is 11.7. The van der Waals surface area contributed by atoms with Crippen LogP contribution in [0.2, 0.25) is 0 Å². The molecule has 1 aliphatic rings. The van der Waals surface area contributed by atoms with E-state index < -0.39 is 0 Å². The molecule has 4 aromatic carbocycles. The minimum absolute atomic E-state index is 0.569. The van der Waals surface area contributed by atoms with Crippen molar-refractivity contribution in [2.45, 2.75) is 6.42 Å². The average molecular weight is 345 g/mol. The van der Waals surface area contributed by atoms with Crippen LogP contribution in [-0.2, 0) is 6.42 Å². The Kier molecular flexibility index (Phi) is 3.72. The van der Waals surface area contributed by atoms with E-state index in [0.29, 0.717) is 5.71 Å². The molecule has 0 spiro atoms. The van der Waals surface area contributed by atoms with E-state index in [4.69, 9.17) is 5.41 Å². The molecule has 0 saturated heterocycles. The molecule has 0 radical (unpaired) electrons. The lowest BCUT2D eigenvalue weighted by Gasteiger charge is -2.14. The zero-order chi connectivity index (χ0) is 18.2. The first-order valence-corrected chi connectivity index (χ1v) is 9.27. The maximum atomic E-state index is 8.79. The Balaban J connectivity index is 1.67. The van der Waals surface area contributed by atoms with Gasteiger partial charge in [0.1, 0.15) is 0 Å². The molecule has 27 heavy (non-hydrogen) atoms. The standard InChI is InChI=1S/C26H19N/c27-26(18-9-2-1-3-10-18)24-14-7-6-13-22(24)23-16-8-15-21-20-12-5-4-11-19(20)17-25(21)23/h1-16,27H,17H2. The van der Waals surface area contributed by atoms with Crippen LogP contribution in [0.25, 0.3) is 22.3 Å². The number of fused-ring (bicyclic) bond motifs is 3. The Bertz CT molecular complexity index is 1160. The fraction of sp³-hybridized carbons (Fsp3) is 0.0385. The summed E-state index contributed by atoms with van der Waals surface area (Å²) in [5.74, 6) is 0. The Labute approximate surface area is 159 Å². The number of hydrogen-bond donors (Lipinski definition) is 1. The lowest BCUT2D eigenvalue weighted by molar-refractivity contribution is 1.26. The first-order chi connectivity index (χ1) is 13.3. The second kappa shape index (κ2) is 6.37. The fourth-order valence-corrected chi connectivity index (χ4v) is 4.11. The minimum atomic E-state index is 0.569. The molecule has 0 heterocycles. The number of rotatable bonds is 3. The van der Waals surface area contributed by atoms with Crippen LogP contribution in [0.15, 0.2) is 97.1 Å². The zero-order valence-electron chi connectivity index (χ0n) is 14.9. The van der Waals surface area contributed by atoms with Gasteiger partial charge in [-0.1, -0.05) is 97.1 Å². The van der Waals surface area contributed by atoms with Crippen LogP contribution in [0.1, 0.15) is 22.3 Å². The van der Waals surface area contributed by atoms with E-state index in [1.54, 1.807) is 0 Å². The van der Waals surface area contributed by atoms with Crippen LogP contribution < -0.4 is 0 Å². The summed E-state index contributed by atoms with van der Waals surface area (Å²) < 4.78 is 0. The van der Waals surface area contributed by atoms with Gasteiger partial charge in [0, 0.05) is 11.1 Å². The molecule has 0 unspecified atom stereocenters. The van der Waals surface area contributed by atoms with Gasteiger partial charge in [0.25, 0.3) is 0 Å². The largest absolute Gasteiger partial charge is 0.300 e. The van der Waals surface area contributed by atoms with Crippen molar-refractivity contribution < 1.29 is 0 Å². The van der Waals surface area contributed by atoms with Gasteiger partial charge in [-0.2, -0.15) is 0 Å². The highest BCUT2D eigenvalue weighted by Crippen LogP contribution is 2.42. The van der Waals surface area contributed by atoms with Gasteiger partial charge in [-0.25, -0.2) is 0 Å². The smallest absolute Gasteiger partial charge is 0.0690 e. The van der Waals surface area contributed by atoms with E-state index in [1.165, 1.54) is 27.8 Å². The Morgan fingerprint density at radius 3 is 1.96 bits per heavy atom. The maximum absolute atomic E-state index is 8.79. The fourth-order valence-electron chi connectivity index (χ4n) is 4.11. The van der Waals surface area contributed by atoms with Gasteiger partial charge in [-0.05, 0) is 39.8 Å². The van der Waals surface area contributed by atoms with E-state index in [2.05, 4.69) is 60.7 Å². The number of hydrogen-bond acceptors (Lipinski definition) is 1. The second-order valence-electron chi connectivity index (χ2n) is 6.95. The summed E-state index contributed by atoms with van der Waals surface area (Å²) in [6.07, 6.45) is 0.953. The Morgan fingerprint density at radius 2 is 1.15 bits per heavy atom. The first kappa shape index (κ1) is 15.8. The van der Waals surface area contributed by atoms with Gasteiger partial charge >= 0.3 is 0 Å². The average Bonchev–Trinajstić information content (AvgIpc) is 3.13. The van der Waals surface area contributed by atoms with E-state index in [-0.39, 0.29) is 0 Å². The highest BCUT2D eigenvalue weighted by molar-refractivity contribution is 6.14. The van der Waals surface area contributed by atoms with Crippen molar-refractivity contribution in [2.24, 2.45) is 0 Å². The summed E-state index contributed by atoms with van der Waals surface area (Å²) in [5.41, 5.74) is 10.3. The molecule has 0 saturated carbocycles. The second-order valence-corrected chi connectivity index (χ2v) is 6.95. The molecule has 5 rings (SSSR count). The molecule has 1 heteroatoms. The molecule has 1 N–H and O–H groups in total. The molecule has 0 amide bonds. The molecular formula is C26H19N. The van der Waals surface area contributed by atoms with Crippen molar-refractivity contribution in [1.82, 2.24) is 0 Å². The predicted molar refractivity (Wildman–Crippen MR) is 112 cm³/mol. The van der Waals surface area contributed by atoms with Crippen LogP contribution in [0.3, 0.4) is 0 Å². The Morgan fingerprint density at radius 1 is 0.556 bits per heavy atom. The molecule has 4 aromatic rings. The maximum Gasteiger partial charge on any atom is 0.0690 e. The number of benzene rings is 4. The summed E-state index contributed by atoms with van der Waals surface area (Å²) in [5, 5.41) is 8.79. The zero-order valence-corrected chi connectivity index (χ0v) is 14.9. The summed E-state index contributed by atoms with van der Waals surface area (Å²) in [4.78, 5) is 0. The van der Waals surface area contributed by atoms with Gasteiger partial charge in [-0.15, -0.1) is 0 Å². The number of nitrogens with one attached hydrogen (secondary N) is 1. The predicted octanol–water partition coefficient (Wildman–Crippen LogP) is 6.34. The molecule has 0 atom stereocenters. The quantitative estimate of drug-likeness (QED) is 0.369. The van der Waals surface area contributed by atoms with Crippen LogP contribution in [0.5, 0.6) is 0 Å². The van der Waals surface area contributed by atoms with Gasteiger partial charge < -0.3 is 0 Å². The minimum Gasteiger partial charge on any atom is -0.300 e. The van der Waals surface area contributed by atoms with E-state index in [9.17, 15) is 0 Å². The topological polar surface area (TPSA) is 23.9 Å². The van der Waals surface area contributed by atoms with Crippen molar-refractivity contribution in [3.63, 3.8) is 0 Å². The van der Waals surface area contributed by atoms with E-state index in [0.717, 1.165) is 23.1 Å². The highest BCUT2D eigenvalue weighted by atomic mass is 14.4. The van der Waals surface area contributed by atoms with Crippen molar-refractivity contribution in [3.05, 3.63) is 119 Å². The van der Waals surface area contributed by atoms with Gasteiger partial charge in [0.15, 0.2) is 0 Å². The summed E-state index contributed by atoms with van der Waals surface area (Å²) >= 11 is 0. The van der Waals surface area contributed by atoms with Gasteiger partial charge in [0.05, 0.1) is 5.71 Å². The lowest BCUT2D eigenvalue weighted by atomic mass is 9.89. The molecule has 0 fully saturated rings. The van der Waals surface area contributed by atoms with E-state index >= 15 is 0 Å². The van der Waals surface area contributed by atoms with Crippen molar-refractivity contribution in [3.8, 4) is 22.3 Å². The summed E-state index contributed by atoms with van der Waals surface area (Å²) in [6, 6.07) is 33.5. The van der Waals surface area contributed by atoms with Crippen LogP contribution in [0, 0.1) is 5.41 Å². The van der Waals surface area contributed by atoms with Crippen LogP contribution >= 0.6 is 0 Å². The molecule has 1 nitrogen and oxygen atoms in total. The highest BCUT2D eigenvalue weighted by Gasteiger charge is 2.22. The molecule has 0 bridgehead atoms. The lowest BCUT2D eigenvalue weighted by Crippen LogP contribution is -2.04. The third-order valence-electron chi connectivity index (χ3n) is 5.40. The van der Waals surface area contributed by atoms with Crippen LogP contribution in [-0.4, -0.2) is 5.71 Å². The molecule has 0 aliphatic heterocycles. The third kappa shape index (κ3) is 2.60. The summed E-state index contributed by atoms with van der Waals surface area (Å²) in [7, 11) is 0. The SMILES string of the molecule is N=C(c1ccccc1)c1ccccc1-c1cccc2c1Cc1ccccc1-2. The monoisotopic (exact) mass is 345 g/mol.